The van der Waals surface area contributed by atoms with Gasteiger partial charge in [-0.05, 0) is 30.3 Å². The van der Waals surface area contributed by atoms with E-state index in [2.05, 4.69) is 4.98 Å². The number of anilines is 1. The molecule has 2 heterocycles. The SMILES string of the molecule is O=C(OC1CN(c2nc3ccc(F)cc3s2)C1)c1c(F)cccc1Cl. The van der Waals surface area contributed by atoms with Gasteiger partial charge in [-0.1, -0.05) is 29.0 Å². The number of hydrogen-bond acceptors (Lipinski definition) is 5. The number of hydrogen-bond donors (Lipinski definition) is 0. The number of esters is 1. The number of fused-ring (bicyclic) bond motifs is 1. The molecule has 0 unspecified atom stereocenters. The number of ether oxygens (including phenoxy) is 1. The average molecular weight is 381 g/mol. The predicted octanol–water partition coefficient (Wildman–Crippen LogP) is 4.27. The number of carbonyl (C=O) groups is 1. The van der Waals surface area contributed by atoms with Gasteiger partial charge < -0.3 is 9.64 Å². The van der Waals surface area contributed by atoms with Gasteiger partial charge in [0.05, 0.1) is 28.3 Å². The van der Waals surface area contributed by atoms with Crippen LogP contribution in [0.5, 0.6) is 0 Å². The van der Waals surface area contributed by atoms with Crippen LogP contribution in [-0.4, -0.2) is 30.1 Å². The lowest BCUT2D eigenvalue weighted by Gasteiger charge is -2.38. The molecule has 1 saturated heterocycles. The molecule has 1 aliphatic heterocycles. The molecule has 128 valence electrons. The summed E-state index contributed by atoms with van der Waals surface area (Å²) in [7, 11) is 0. The Morgan fingerprint density at radius 1 is 1.28 bits per heavy atom. The highest BCUT2D eigenvalue weighted by molar-refractivity contribution is 7.22. The van der Waals surface area contributed by atoms with E-state index in [9.17, 15) is 13.6 Å². The molecule has 25 heavy (non-hydrogen) atoms. The highest BCUT2D eigenvalue weighted by atomic mass is 35.5. The summed E-state index contributed by atoms with van der Waals surface area (Å²) in [6.07, 6.45) is -0.369. The number of nitrogens with zero attached hydrogens (tertiary/aromatic N) is 2. The van der Waals surface area contributed by atoms with Gasteiger partial charge in [-0.3, -0.25) is 0 Å². The largest absolute Gasteiger partial charge is 0.455 e. The van der Waals surface area contributed by atoms with Gasteiger partial charge in [0.2, 0.25) is 0 Å². The molecule has 1 fully saturated rings. The minimum absolute atomic E-state index is 0.0226. The Kier molecular flexibility index (Phi) is 4.05. The summed E-state index contributed by atoms with van der Waals surface area (Å²) in [6, 6.07) is 8.46. The first-order chi connectivity index (χ1) is 12.0. The molecule has 0 atom stereocenters. The van der Waals surface area contributed by atoms with Gasteiger partial charge in [0.1, 0.15) is 23.3 Å². The molecule has 0 radical (unpaired) electrons. The monoisotopic (exact) mass is 380 g/mol. The van der Waals surface area contributed by atoms with Crippen molar-refractivity contribution < 1.29 is 18.3 Å². The highest BCUT2D eigenvalue weighted by Crippen LogP contribution is 2.32. The maximum atomic E-state index is 13.7. The number of aromatic nitrogens is 1. The molecule has 1 aromatic heterocycles. The van der Waals surface area contributed by atoms with Crippen LogP contribution in [0.3, 0.4) is 0 Å². The molecule has 0 saturated carbocycles. The van der Waals surface area contributed by atoms with Gasteiger partial charge in [0, 0.05) is 0 Å². The molecule has 0 spiro atoms. The number of rotatable bonds is 3. The molecular formula is C17H11ClF2N2O2S. The smallest absolute Gasteiger partial charge is 0.343 e. The molecular weight excluding hydrogens is 370 g/mol. The zero-order chi connectivity index (χ0) is 17.6. The number of thiazole rings is 1. The zero-order valence-electron chi connectivity index (χ0n) is 12.7. The van der Waals surface area contributed by atoms with E-state index in [1.54, 1.807) is 6.07 Å². The van der Waals surface area contributed by atoms with E-state index in [1.165, 1.54) is 35.6 Å². The molecule has 0 bridgehead atoms. The number of benzene rings is 2. The fraction of sp³-hybridized carbons (Fsp3) is 0.176. The summed E-state index contributed by atoms with van der Waals surface area (Å²) < 4.78 is 33.0. The van der Waals surface area contributed by atoms with Crippen LogP contribution in [0.4, 0.5) is 13.9 Å². The fourth-order valence-corrected chi connectivity index (χ4v) is 3.84. The van der Waals surface area contributed by atoms with Crippen LogP contribution in [0.15, 0.2) is 36.4 Å². The number of carbonyl (C=O) groups excluding carboxylic acids is 1. The lowest BCUT2D eigenvalue weighted by molar-refractivity contribution is 0.0229. The molecule has 4 rings (SSSR count). The molecule has 4 nitrogen and oxygen atoms in total. The van der Waals surface area contributed by atoms with Gasteiger partial charge in [0.15, 0.2) is 5.13 Å². The van der Waals surface area contributed by atoms with Crippen molar-refractivity contribution in [3.63, 3.8) is 0 Å². The lowest BCUT2D eigenvalue weighted by atomic mass is 10.1. The first kappa shape index (κ1) is 16.2. The Morgan fingerprint density at radius 2 is 2.08 bits per heavy atom. The van der Waals surface area contributed by atoms with E-state index >= 15 is 0 Å². The van der Waals surface area contributed by atoms with Gasteiger partial charge >= 0.3 is 5.97 Å². The second-order valence-corrected chi connectivity index (χ2v) is 7.05. The maximum absolute atomic E-state index is 13.7. The Balaban J connectivity index is 1.42. The second kappa shape index (κ2) is 6.24. The summed E-state index contributed by atoms with van der Waals surface area (Å²) in [5.41, 5.74) is 0.470. The maximum Gasteiger partial charge on any atom is 0.343 e. The summed E-state index contributed by atoms with van der Waals surface area (Å²) in [5.74, 6) is -1.79. The van der Waals surface area contributed by atoms with Crippen molar-refractivity contribution in [2.24, 2.45) is 0 Å². The molecule has 1 aliphatic rings. The predicted molar refractivity (Wildman–Crippen MR) is 92.4 cm³/mol. The van der Waals surface area contributed by atoms with Crippen molar-refractivity contribution in [2.75, 3.05) is 18.0 Å². The third kappa shape index (κ3) is 3.05. The van der Waals surface area contributed by atoms with E-state index in [0.29, 0.717) is 13.1 Å². The normalized spacial score (nSPS) is 14.6. The topological polar surface area (TPSA) is 42.4 Å². The van der Waals surface area contributed by atoms with E-state index in [-0.39, 0.29) is 22.5 Å². The summed E-state index contributed by atoms with van der Waals surface area (Å²) in [4.78, 5) is 18.4. The van der Waals surface area contributed by atoms with E-state index < -0.39 is 11.8 Å². The van der Waals surface area contributed by atoms with Gasteiger partial charge in [-0.2, -0.15) is 0 Å². The molecule has 8 heteroatoms. The van der Waals surface area contributed by atoms with Crippen molar-refractivity contribution in [2.45, 2.75) is 6.10 Å². The van der Waals surface area contributed by atoms with Crippen molar-refractivity contribution in [3.05, 3.63) is 58.6 Å². The van der Waals surface area contributed by atoms with Crippen LogP contribution >= 0.6 is 22.9 Å². The van der Waals surface area contributed by atoms with Crippen molar-refractivity contribution >= 4 is 44.3 Å². The van der Waals surface area contributed by atoms with Crippen LogP contribution in [-0.2, 0) is 4.74 Å². The lowest BCUT2D eigenvalue weighted by Crippen LogP contribution is -2.53. The second-order valence-electron chi connectivity index (χ2n) is 5.64. The molecule has 0 N–H and O–H groups in total. The Morgan fingerprint density at radius 3 is 2.84 bits per heavy atom. The third-order valence-electron chi connectivity index (χ3n) is 3.90. The first-order valence-electron chi connectivity index (χ1n) is 7.47. The summed E-state index contributed by atoms with van der Waals surface area (Å²) in [6.45, 7) is 0.889. The molecule has 0 aliphatic carbocycles. The zero-order valence-corrected chi connectivity index (χ0v) is 14.3. The van der Waals surface area contributed by atoms with Crippen LogP contribution in [0.25, 0.3) is 10.2 Å². The first-order valence-corrected chi connectivity index (χ1v) is 8.67. The highest BCUT2D eigenvalue weighted by Gasteiger charge is 2.33. The van der Waals surface area contributed by atoms with Crippen LogP contribution in [0.2, 0.25) is 5.02 Å². The number of halogens is 3. The van der Waals surface area contributed by atoms with E-state index in [4.69, 9.17) is 16.3 Å². The quantitative estimate of drug-likeness (QED) is 0.636. The van der Waals surface area contributed by atoms with Crippen molar-refractivity contribution in [1.82, 2.24) is 4.98 Å². The third-order valence-corrected chi connectivity index (χ3v) is 5.29. The van der Waals surface area contributed by atoms with E-state index in [0.717, 1.165) is 21.4 Å². The fourth-order valence-electron chi connectivity index (χ4n) is 2.59. The standard InChI is InChI=1S/C17H11ClF2N2O2S/c18-11-2-1-3-12(20)15(11)16(23)24-10-7-22(8-10)17-21-13-5-4-9(19)6-14(13)25-17/h1-6,10H,7-8H2. The van der Waals surface area contributed by atoms with Crippen molar-refractivity contribution in [1.29, 1.82) is 0 Å². The average Bonchev–Trinajstić information content (AvgIpc) is 2.92. The summed E-state index contributed by atoms with van der Waals surface area (Å²) >= 11 is 7.23. The molecule has 0 amide bonds. The van der Waals surface area contributed by atoms with Crippen LogP contribution < -0.4 is 4.90 Å². The van der Waals surface area contributed by atoms with E-state index in [1.807, 2.05) is 4.90 Å². The Labute approximate surface area is 150 Å². The Bertz CT molecular complexity index is 952. The van der Waals surface area contributed by atoms with Gasteiger partial charge in [-0.15, -0.1) is 0 Å². The molecule has 2 aromatic carbocycles. The van der Waals surface area contributed by atoms with Gasteiger partial charge in [0.25, 0.3) is 0 Å². The van der Waals surface area contributed by atoms with Crippen molar-refractivity contribution in [3.8, 4) is 0 Å². The van der Waals surface area contributed by atoms with Gasteiger partial charge in [-0.25, -0.2) is 18.6 Å². The van der Waals surface area contributed by atoms with Crippen LogP contribution in [0.1, 0.15) is 10.4 Å². The molecule has 3 aromatic rings. The minimum Gasteiger partial charge on any atom is -0.455 e. The van der Waals surface area contributed by atoms with Crippen LogP contribution in [0, 0.1) is 11.6 Å². The minimum atomic E-state index is -0.779. The summed E-state index contributed by atoms with van der Waals surface area (Å²) in [5, 5.41) is 0.756. The Hall–Kier alpha value is -2.25.